The lowest BCUT2D eigenvalue weighted by atomic mass is 10.2. The number of nitrogens with zero attached hydrogens (tertiary/aromatic N) is 3. The molecule has 6 nitrogen and oxygen atoms in total. The predicted octanol–water partition coefficient (Wildman–Crippen LogP) is 3.47. The van der Waals surface area contributed by atoms with Crippen molar-refractivity contribution < 1.29 is 14.1 Å². The van der Waals surface area contributed by atoms with Crippen LogP contribution in [0.4, 0.5) is 0 Å². The third-order valence-electron chi connectivity index (χ3n) is 4.23. The van der Waals surface area contributed by atoms with Gasteiger partial charge < -0.3 is 14.2 Å². The van der Waals surface area contributed by atoms with E-state index in [2.05, 4.69) is 24.0 Å². The molecule has 6 heteroatoms. The maximum atomic E-state index is 12.4. The van der Waals surface area contributed by atoms with Crippen LogP contribution >= 0.6 is 0 Å². The van der Waals surface area contributed by atoms with Gasteiger partial charge in [0.1, 0.15) is 5.75 Å². The van der Waals surface area contributed by atoms with E-state index in [1.54, 1.807) is 0 Å². The van der Waals surface area contributed by atoms with Crippen molar-refractivity contribution in [1.29, 1.82) is 0 Å². The number of carbonyl (C=O) groups excluding carboxylic acids is 1. The number of aryl methyl sites for hydroxylation is 1. The summed E-state index contributed by atoms with van der Waals surface area (Å²) in [6, 6.07) is 8.23. The highest BCUT2D eigenvalue weighted by atomic mass is 16.5. The Balaban J connectivity index is 1.58. The van der Waals surface area contributed by atoms with E-state index in [0.717, 1.165) is 24.2 Å². The minimum atomic E-state index is 0.165. The second kappa shape index (κ2) is 7.68. The summed E-state index contributed by atoms with van der Waals surface area (Å²) in [7, 11) is 0. The average Bonchev–Trinajstić information content (AvgIpc) is 3.30. The van der Waals surface area contributed by atoms with E-state index >= 15 is 0 Å². The molecule has 0 unspecified atom stereocenters. The maximum Gasteiger partial charge on any atom is 0.227 e. The van der Waals surface area contributed by atoms with Crippen molar-refractivity contribution in [3.8, 4) is 17.1 Å². The van der Waals surface area contributed by atoms with Gasteiger partial charge in [0.2, 0.25) is 17.6 Å². The molecule has 0 bridgehead atoms. The van der Waals surface area contributed by atoms with E-state index < -0.39 is 0 Å². The summed E-state index contributed by atoms with van der Waals surface area (Å²) in [5.74, 6) is 2.01. The number of hydrogen-bond donors (Lipinski definition) is 0. The maximum absolute atomic E-state index is 12.4. The molecule has 1 aromatic carbocycles. The third-order valence-corrected chi connectivity index (χ3v) is 4.23. The lowest BCUT2D eigenvalue weighted by Crippen LogP contribution is -2.38. The van der Waals surface area contributed by atoms with Gasteiger partial charge in [0.25, 0.3) is 0 Å². The smallest absolute Gasteiger partial charge is 0.227 e. The second-order valence-corrected chi connectivity index (χ2v) is 6.60. The number of benzene rings is 1. The van der Waals surface area contributed by atoms with Gasteiger partial charge in [0.15, 0.2) is 0 Å². The van der Waals surface area contributed by atoms with Crippen LogP contribution in [0.2, 0.25) is 0 Å². The van der Waals surface area contributed by atoms with Gasteiger partial charge >= 0.3 is 0 Å². The van der Waals surface area contributed by atoms with Gasteiger partial charge in [-0.2, -0.15) is 4.98 Å². The molecule has 0 aliphatic heterocycles. The van der Waals surface area contributed by atoms with Crippen LogP contribution in [-0.2, 0) is 11.2 Å². The summed E-state index contributed by atoms with van der Waals surface area (Å²) >= 11 is 0. The fourth-order valence-corrected chi connectivity index (χ4v) is 2.95. The van der Waals surface area contributed by atoms with Crippen molar-refractivity contribution in [1.82, 2.24) is 15.0 Å². The number of aromatic nitrogens is 2. The van der Waals surface area contributed by atoms with Gasteiger partial charge in [0.05, 0.1) is 6.61 Å². The minimum Gasteiger partial charge on any atom is -0.494 e. The fraction of sp³-hybridized carbons (Fsp3) is 0.526. The highest BCUT2D eigenvalue weighted by Crippen LogP contribution is 2.29. The van der Waals surface area contributed by atoms with Crippen LogP contribution < -0.4 is 4.74 Å². The Morgan fingerprint density at radius 3 is 2.64 bits per heavy atom. The van der Waals surface area contributed by atoms with Crippen LogP contribution in [0.3, 0.4) is 0 Å². The van der Waals surface area contributed by atoms with Gasteiger partial charge in [-0.25, -0.2) is 0 Å². The molecule has 1 aromatic heterocycles. The van der Waals surface area contributed by atoms with Crippen molar-refractivity contribution in [3.63, 3.8) is 0 Å². The Labute approximate surface area is 148 Å². The molecule has 2 aromatic rings. The Bertz CT molecular complexity index is 703. The van der Waals surface area contributed by atoms with Crippen LogP contribution in [0.1, 0.15) is 45.9 Å². The quantitative estimate of drug-likeness (QED) is 0.734. The SMILES string of the molecule is CCOc1ccc(-c2noc(CCC(=O)N(C(C)C)C3CC3)n2)cc1. The highest BCUT2D eigenvalue weighted by molar-refractivity contribution is 5.77. The van der Waals surface area contributed by atoms with Crippen molar-refractivity contribution in [2.75, 3.05) is 6.61 Å². The molecule has 0 radical (unpaired) electrons. The summed E-state index contributed by atoms with van der Waals surface area (Å²) in [5, 5.41) is 4.02. The van der Waals surface area contributed by atoms with Crippen molar-refractivity contribution in [3.05, 3.63) is 30.2 Å². The van der Waals surface area contributed by atoms with Crippen LogP contribution in [0.25, 0.3) is 11.4 Å². The molecular weight excluding hydrogens is 318 g/mol. The Kier molecular flexibility index (Phi) is 5.36. The molecule has 0 spiro atoms. The fourth-order valence-electron chi connectivity index (χ4n) is 2.95. The number of amides is 1. The average molecular weight is 343 g/mol. The van der Waals surface area contributed by atoms with Crippen LogP contribution in [0, 0.1) is 0 Å². The highest BCUT2D eigenvalue weighted by Gasteiger charge is 2.33. The normalized spacial score (nSPS) is 13.9. The van der Waals surface area contributed by atoms with Crippen molar-refractivity contribution >= 4 is 5.91 Å². The summed E-state index contributed by atoms with van der Waals surface area (Å²) < 4.78 is 10.7. The van der Waals surface area contributed by atoms with Gasteiger partial charge in [0, 0.05) is 30.5 Å². The first-order chi connectivity index (χ1) is 12.1. The van der Waals surface area contributed by atoms with Crippen LogP contribution in [-0.4, -0.2) is 39.6 Å². The van der Waals surface area contributed by atoms with Gasteiger partial charge in [-0.15, -0.1) is 0 Å². The molecule has 1 saturated carbocycles. The molecule has 3 rings (SSSR count). The molecule has 0 N–H and O–H groups in total. The largest absolute Gasteiger partial charge is 0.494 e. The molecule has 0 saturated heterocycles. The third kappa shape index (κ3) is 4.38. The molecule has 1 amide bonds. The first-order valence-electron chi connectivity index (χ1n) is 8.95. The van der Waals surface area contributed by atoms with Crippen molar-refractivity contribution in [2.45, 2.75) is 58.5 Å². The first-order valence-corrected chi connectivity index (χ1v) is 8.95. The molecule has 1 fully saturated rings. The zero-order chi connectivity index (χ0) is 17.8. The van der Waals surface area contributed by atoms with E-state index in [-0.39, 0.29) is 11.9 Å². The van der Waals surface area contributed by atoms with Crippen LogP contribution in [0.15, 0.2) is 28.8 Å². The van der Waals surface area contributed by atoms with E-state index in [1.165, 1.54) is 0 Å². The first kappa shape index (κ1) is 17.5. The molecular formula is C19H25N3O3. The lowest BCUT2D eigenvalue weighted by molar-refractivity contribution is -0.133. The van der Waals surface area contributed by atoms with Gasteiger partial charge in [-0.1, -0.05) is 5.16 Å². The Morgan fingerprint density at radius 2 is 2.04 bits per heavy atom. The topological polar surface area (TPSA) is 68.5 Å². The zero-order valence-corrected chi connectivity index (χ0v) is 15.1. The number of hydrogen-bond acceptors (Lipinski definition) is 5. The van der Waals surface area contributed by atoms with Gasteiger partial charge in [-0.05, 0) is 57.9 Å². The number of rotatable bonds is 8. The molecule has 134 valence electrons. The molecule has 1 aliphatic carbocycles. The standard InChI is InChI=1S/C19H25N3O3/c1-4-24-16-9-5-14(6-10-16)19-20-17(25-21-19)11-12-18(23)22(13(2)3)15-7-8-15/h5-6,9-10,13,15H,4,7-8,11-12H2,1-3H3. The summed E-state index contributed by atoms with van der Waals surface area (Å²) in [6.07, 6.45) is 3.11. The van der Waals surface area contributed by atoms with Gasteiger partial charge in [-0.3, -0.25) is 4.79 Å². The monoisotopic (exact) mass is 343 g/mol. The summed E-state index contributed by atoms with van der Waals surface area (Å²) in [4.78, 5) is 18.8. The Morgan fingerprint density at radius 1 is 1.32 bits per heavy atom. The molecule has 1 heterocycles. The second-order valence-electron chi connectivity index (χ2n) is 6.60. The Hall–Kier alpha value is -2.37. The number of carbonyl (C=O) groups is 1. The zero-order valence-electron chi connectivity index (χ0n) is 15.1. The molecule has 25 heavy (non-hydrogen) atoms. The minimum absolute atomic E-state index is 0.165. The van der Waals surface area contributed by atoms with Crippen LogP contribution in [0.5, 0.6) is 5.75 Å². The summed E-state index contributed by atoms with van der Waals surface area (Å²) in [6.45, 7) is 6.71. The van der Waals surface area contributed by atoms with E-state index in [4.69, 9.17) is 9.26 Å². The van der Waals surface area contributed by atoms with E-state index in [9.17, 15) is 4.79 Å². The van der Waals surface area contributed by atoms with Crippen molar-refractivity contribution in [2.24, 2.45) is 0 Å². The van der Waals surface area contributed by atoms with E-state index in [0.29, 0.717) is 37.2 Å². The molecule has 1 aliphatic rings. The number of ether oxygens (including phenoxy) is 1. The molecule has 0 atom stereocenters. The lowest BCUT2D eigenvalue weighted by Gasteiger charge is -2.26. The van der Waals surface area contributed by atoms with E-state index in [1.807, 2.05) is 36.1 Å². The predicted molar refractivity (Wildman–Crippen MR) is 94.2 cm³/mol. The summed E-state index contributed by atoms with van der Waals surface area (Å²) in [5.41, 5.74) is 0.867.